The lowest BCUT2D eigenvalue weighted by atomic mass is 9.88. The van der Waals surface area contributed by atoms with Crippen molar-refractivity contribution in [2.45, 2.75) is 43.4 Å². The third-order valence-corrected chi connectivity index (χ3v) is 6.81. The first kappa shape index (κ1) is 14.4. The normalized spacial score (nSPS) is 18.4. The molecular formula is C14H18N2OS3. The van der Waals surface area contributed by atoms with Crippen LogP contribution in [0.4, 0.5) is 0 Å². The standard InChI is InChI=1S/C14H18N2OS3/c1-19-14(6-3-2-4-7-14)9-16-12(17)10-5-8-20-11(10)15-13(16)18/h5,8H,2-4,6-7,9H2,1H3,(H,15,18). The van der Waals surface area contributed by atoms with Crippen molar-refractivity contribution in [2.75, 3.05) is 6.26 Å². The summed E-state index contributed by atoms with van der Waals surface area (Å²) in [4.78, 5) is 16.7. The number of nitrogens with one attached hydrogen (secondary N) is 1. The molecule has 0 spiro atoms. The molecule has 0 aliphatic heterocycles. The molecule has 2 aromatic rings. The van der Waals surface area contributed by atoms with E-state index in [1.54, 1.807) is 4.57 Å². The molecule has 1 saturated carbocycles. The van der Waals surface area contributed by atoms with E-state index in [9.17, 15) is 4.79 Å². The molecule has 1 aliphatic rings. The molecule has 0 bridgehead atoms. The van der Waals surface area contributed by atoms with E-state index in [4.69, 9.17) is 12.2 Å². The van der Waals surface area contributed by atoms with Crippen molar-refractivity contribution in [1.29, 1.82) is 0 Å². The molecule has 0 atom stereocenters. The highest BCUT2D eigenvalue weighted by Crippen LogP contribution is 2.39. The Morgan fingerprint density at radius 1 is 1.45 bits per heavy atom. The molecule has 2 aromatic heterocycles. The molecular weight excluding hydrogens is 308 g/mol. The molecule has 0 amide bonds. The second-order valence-corrected chi connectivity index (χ2v) is 8.01. The van der Waals surface area contributed by atoms with E-state index in [1.165, 1.54) is 43.4 Å². The number of thiophene rings is 1. The zero-order valence-corrected chi connectivity index (χ0v) is 13.9. The quantitative estimate of drug-likeness (QED) is 0.860. The maximum atomic E-state index is 12.6. The molecule has 108 valence electrons. The molecule has 1 fully saturated rings. The monoisotopic (exact) mass is 326 g/mol. The molecule has 3 nitrogen and oxygen atoms in total. The van der Waals surface area contributed by atoms with Crippen LogP contribution in [0.2, 0.25) is 0 Å². The summed E-state index contributed by atoms with van der Waals surface area (Å²) in [5.74, 6) is 0. The van der Waals surface area contributed by atoms with Gasteiger partial charge in [-0.3, -0.25) is 9.36 Å². The Bertz CT molecular complexity index is 722. The minimum atomic E-state index is 0.0593. The minimum absolute atomic E-state index is 0.0593. The summed E-state index contributed by atoms with van der Waals surface area (Å²) in [6.07, 6.45) is 8.34. The third kappa shape index (κ3) is 2.49. The zero-order valence-electron chi connectivity index (χ0n) is 11.5. The Morgan fingerprint density at radius 2 is 2.20 bits per heavy atom. The Labute approximate surface area is 131 Å². The van der Waals surface area contributed by atoms with E-state index in [1.807, 2.05) is 23.2 Å². The maximum Gasteiger partial charge on any atom is 0.263 e. The van der Waals surface area contributed by atoms with E-state index < -0.39 is 0 Å². The molecule has 0 radical (unpaired) electrons. The van der Waals surface area contributed by atoms with Gasteiger partial charge in [-0.15, -0.1) is 11.3 Å². The summed E-state index contributed by atoms with van der Waals surface area (Å²) in [5.41, 5.74) is 0.0593. The van der Waals surface area contributed by atoms with E-state index in [-0.39, 0.29) is 10.3 Å². The lowest BCUT2D eigenvalue weighted by Gasteiger charge is -2.36. The number of aromatic nitrogens is 2. The van der Waals surface area contributed by atoms with Gasteiger partial charge in [-0.2, -0.15) is 11.8 Å². The summed E-state index contributed by atoms with van der Waals surface area (Å²) >= 11 is 8.83. The highest BCUT2D eigenvalue weighted by molar-refractivity contribution is 8.00. The number of hydrogen-bond acceptors (Lipinski definition) is 4. The van der Waals surface area contributed by atoms with Gasteiger partial charge in [-0.1, -0.05) is 19.3 Å². The maximum absolute atomic E-state index is 12.6. The van der Waals surface area contributed by atoms with Gasteiger partial charge in [0.05, 0.1) is 5.39 Å². The zero-order chi connectivity index (χ0) is 14.2. The van der Waals surface area contributed by atoms with Crippen LogP contribution in [-0.2, 0) is 6.54 Å². The fourth-order valence-corrected chi connectivity index (χ4v) is 5.08. The van der Waals surface area contributed by atoms with Crippen LogP contribution in [0, 0.1) is 4.77 Å². The molecule has 1 N–H and O–H groups in total. The summed E-state index contributed by atoms with van der Waals surface area (Å²) in [6, 6.07) is 1.89. The predicted molar refractivity (Wildman–Crippen MR) is 90.6 cm³/mol. The van der Waals surface area contributed by atoms with Gasteiger partial charge in [-0.05, 0) is 42.8 Å². The van der Waals surface area contributed by atoms with Gasteiger partial charge in [0, 0.05) is 11.3 Å². The third-order valence-electron chi connectivity index (χ3n) is 4.25. The predicted octanol–water partition coefficient (Wildman–Crippen LogP) is 4.19. The van der Waals surface area contributed by atoms with E-state index in [0.717, 1.165) is 16.8 Å². The van der Waals surface area contributed by atoms with Crippen molar-refractivity contribution in [2.24, 2.45) is 0 Å². The molecule has 20 heavy (non-hydrogen) atoms. The molecule has 0 saturated heterocycles. The van der Waals surface area contributed by atoms with Gasteiger partial charge in [0.15, 0.2) is 4.77 Å². The lowest BCUT2D eigenvalue weighted by Crippen LogP contribution is -2.37. The number of H-pyrrole nitrogens is 1. The van der Waals surface area contributed by atoms with Crippen molar-refractivity contribution in [1.82, 2.24) is 9.55 Å². The molecule has 0 aromatic carbocycles. The second-order valence-electron chi connectivity index (χ2n) is 5.43. The minimum Gasteiger partial charge on any atom is -0.323 e. The van der Waals surface area contributed by atoms with Gasteiger partial charge >= 0.3 is 0 Å². The molecule has 0 unspecified atom stereocenters. The molecule has 1 aliphatic carbocycles. The second kappa shape index (κ2) is 5.66. The lowest BCUT2D eigenvalue weighted by molar-refractivity contribution is 0.353. The average molecular weight is 327 g/mol. The Morgan fingerprint density at radius 3 is 2.90 bits per heavy atom. The first-order chi connectivity index (χ1) is 9.65. The fraction of sp³-hybridized carbons (Fsp3) is 0.571. The summed E-state index contributed by atoms with van der Waals surface area (Å²) in [5, 5.41) is 2.70. The number of nitrogens with zero attached hydrogens (tertiary/aromatic N) is 1. The van der Waals surface area contributed by atoms with Gasteiger partial charge in [0.25, 0.3) is 5.56 Å². The highest BCUT2D eigenvalue weighted by atomic mass is 32.2. The molecule has 6 heteroatoms. The van der Waals surface area contributed by atoms with Gasteiger partial charge in [0.2, 0.25) is 0 Å². The van der Waals surface area contributed by atoms with Crippen LogP contribution in [0.3, 0.4) is 0 Å². The van der Waals surface area contributed by atoms with Crippen LogP contribution in [-0.4, -0.2) is 20.6 Å². The van der Waals surface area contributed by atoms with E-state index in [0.29, 0.717) is 4.77 Å². The number of fused-ring (bicyclic) bond motifs is 1. The summed E-state index contributed by atoms with van der Waals surface area (Å²) in [6.45, 7) is 0.730. The highest BCUT2D eigenvalue weighted by Gasteiger charge is 2.32. The first-order valence-electron chi connectivity index (χ1n) is 6.91. The van der Waals surface area contributed by atoms with Crippen molar-refractivity contribution in [3.8, 4) is 0 Å². The first-order valence-corrected chi connectivity index (χ1v) is 9.42. The van der Waals surface area contributed by atoms with E-state index >= 15 is 0 Å². The Balaban J connectivity index is 2.05. The smallest absolute Gasteiger partial charge is 0.263 e. The van der Waals surface area contributed by atoms with Crippen LogP contribution < -0.4 is 5.56 Å². The van der Waals surface area contributed by atoms with Gasteiger partial charge in [-0.25, -0.2) is 0 Å². The van der Waals surface area contributed by atoms with E-state index in [2.05, 4.69) is 11.2 Å². The van der Waals surface area contributed by atoms with Gasteiger partial charge in [0.1, 0.15) is 4.83 Å². The summed E-state index contributed by atoms with van der Waals surface area (Å²) < 4.78 is 2.50. The number of aromatic amines is 1. The average Bonchev–Trinajstić information content (AvgIpc) is 2.93. The largest absolute Gasteiger partial charge is 0.323 e. The number of rotatable bonds is 3. The van der Waals surface area contributed by atoms with Crippen molar-refractivity contribution in [3.05, 3.63) is 26.6 Å². The van der Waals surface area contributed by atoms with Crippen LogP contribution >= 0.6 is 35.3 Å². The van der Waals surface area contributed by atoms with Crippen LogP contribution in [0.5, 0.6) is 0 Å². The number of hydrogen-bond donors (Lipinski definition) is 1. The van der Waals surface area contributed by atoms with Crippen molar-refractivity contribution in [3.63, 3.8) is 0 Å². The SMILES string of the molecule is CSC1(Cn2c(=S)[nH]c3sccc3c2=O)CCCCC1. The van der Waals surface area contributed by atoms with Crippen molar-refractivity contribution < 1.29 is 0 Å². The number of thioether (sulfide) groups is 1. The van der Waals surface area contributed by atoms with Crippen LogP contribution in [0.25, 0.3) is 10.2 Å². The van der Waals surface area contributed by atoms with Crippen molar-refractivity contribution >= 4 is 45.5 Å². The molecule has 2 heterocycles. The Kier molecular flexibility index (Phi) is 4.06. The fourth-order valence-electron chi connectivity index (χ4n) is 3.03. The Hall–Kier alpha value is -0.590. The summed E-state index contributed by atoms with van der Waals surface area (Å²) in [7, 11) is 0. The van der Waals surface area contributed by atoms with Crippen LogP contribution in [0.15, 0.2) is 16.2 Å². The molecule has 3 rings (SSSR count). The van der Waals surface area contributed by atoms with Gasteiger partial charge < -0.3 is 4.98 Å². The van der Waals surface area contributed by atoms with Crippen LogP contribution in [0.1, 0.15) is 32.1 Å². The topological polar surface area (TPSA) is 37.8 Å².